The lowest BCUT2D eigenvalue weighted by molar-refractivity contribution is 0.499. The standard InChI is InChI=1S/C51H32N4O2/c1-3-12-31(13-4-1)49-52-50(32-14-5-2-6-15-32)54-51(53-49)34-23-27-45-42(28-34)41-19-11-18-36(48(41)57-45)33-22-25-39-40-26-24-35(30-47(40)56-46(39)29-33)55-43-20-9-7-16-37(43)38-17-8-10-21-44(38)55/h1-29,35H,30H2. The first-order chi connectivity index (χ1) is 28.2. The zero-order chi connectivity index (χ0) is 37.5. The highest BCUT2D eigenvalue weighted by Gasteiger charge is 2.25. The van der Waals surface area contributed by atoms with Crippen LogP contribution in [-0.4, -0.2) is 19.5 Å². The van der Waals surface area contributed by atoms with Crippen molar-refractivity contribution >= 4 is 60.8 Å². The second-order valence-electron chi connectivity index (χ2n) is 14.7. The third kappa shape index (κ3) is 5.07. The van der Waals surface area contributed by atoms with Crippen molar-refractivity contribution in [2.75, 3.05) is 0 Å². The quantitative estimate of drug-likeness (QED) is 0.176. The molecule has 7 aromatic carbocycles. The number of para-hydroxylation sites is 3. The third-order valence-corrected chi connectivity index (χ3v) is 11.4. The summed E-state index contributed by atoms with van der Waals surface area (Å²) in [6, 6.07) is 56.7. The average molecular weight is 733 g/mol. The molecule has 6 heteroatoms. The van der Waals surface area contributed by atoms with Gasteiger partial charge in [-0.25, -0.2) is 15.0 Å². The van der Waals surface area contributed by atoms with Crippen molar-refractivity contribution in [3.8, 4) is 45.3 Å². The molecule has 0 bridgehead atoms. The Hall–Kier alpha value is -7.57. The van der Waals surface area contributed by atoms with Crippen LogP contribution in [0.4, 0.5) is 0 Å². The number of hydrogen-bond donors (Lipinski definition) is 0. The van der Waals surface area contributed by atoms with Crippen molar-refractivity contribution in [2.24, 2.45) is 0 Å². The SMILES string of the molecule is C1=CC(n2c3ccccc3c3ccccc32)Cc2oc3cc(-c4cccc5c4oc4ccc(-c6nc(-c7ccccc7)nc(-c7ccccc7)n6)cc45)ccc3c21. The number of nitrogens with zero attached hydrogens (tertiary/aromatic N) is 4. The lowest BCUT2D eigenvalue weighted by Gasteiger charge is -2.20. The maximum Gasteiger partial charge on any atom is 0.164 e. The summed E-state index contributed by atoms with van der Waals surface area (Å²) in [5.74, 6) is 2.88. The van der Waals surface area contributed by atoms with Crippen LogP contribution in [0.15, 0.2) is 179 Å². The van der Waals surface area contributed by atoms with Crippen LogP contribution < -0.4 is 0 Å². The van der Waals surface area contributed by atoms with E-state index in [1.165, 1.54) is 21.8 Å². The minimum Gasteiger partial charge on any atom is -0.460 e. The molecular formula is C51H32N4O2. The summed E-state index contributed by atoms with van der Waals surface area (Å²) in [6.07, 6.45) is 5.35. The Kier molecular flexibility index (Phi) is 6.95. The molecule has 1 unspecified atom stereocenters. The first kappa shape index (κ1) is 31.7. The maximum atomic E-state index is 6.71. The summed E-state index contributed by atoms with van der Waals surface area (Å²) in [5, 5.41) is 5.70. The molecule has 4 heterocycles. The Morgan fingerprint density at radius 2 is 1.07 bits per heavy atom. The lowest BCUT2D eigenvalue weighted by atomic mass is 9.97. The van der Waals surface area contributed by atoms with Crippen LogP contribution in [0.2, 0.25) is 0 Å². The van der Waals surface area contributed by atoms with Gasteiger partial charge in [0.05, 0.1) is 6.04 Å². The van der Waals surface area contributed by atoms with Gasteiger partial charge in [0.1, 0.15) is 22.5 Å². The van der Waals surface area contributed by atoms with Crippen molar-refractivity contribution in [1.29, 1.82) is 0 Å². The first-order valence-corrected chi connectivity index (χ1v) is 19.3. The van der Waals surface area contributed by atoms with Gasteiger partial charge >= 0.3 is 0 Å². The highest BCUT2D eigenvalue weighted by atomic mass is 16.3. The number of benzene rings is 7. The maximum absolute atomic E-state index is 6.71. The molecular weight excluding hydrogens is 701 g/mol. The fraction of sp³-hybridized carbons (Fsp3) is 0.0392. The molecule has 0 fully saturated rings. The number of aromatic nitrogens is 4. The smallest absolute Gasteiger partial charge is 0.164 e. The Morgan fingerprint density at radius 3 is 1.77 bits per heavy atom. The third-order valence-electron chi connectivity index (χ3n) is 11.4. The molecule has 268 valence electrons. The minimum atomic E-state index is 0.143. The van der Waals surface area contributed by atoms with Gasteiger partial charge in [-0.1, -0.05) is 133 Å². The fourth-order valence-electron chi connectivity index (χ4n) is 8.72. The van der Waals surface area contributed by atoms with E-state index in [1.807, 2.05) is 72.8 Å². The van der Waals surface area contributed by atoms with Gasteiger partial charge in [0.25, 0.3) is 0 Å². The summed E-state index contributed by atoms with van der Waals surface area (Å²) in [5.41, 5.74) is 11.0. The minimum absolute atomic E-state index is 0.143. The second kappa shape index (κ2) is 12.5. The van der Waals surface area contributed by atoms with Gasteiger partial charge in [0.2, 0.25) is 0 Å². The molecule has 0 spiro atoms. The average Bonchev–Trinajstić information content (AvgIpc) is 3.95. The predicted molar refractivity (Wildman–Crippen MR) is 230 cm³/mol. The number of rotatable bonds is 5. The highest BCUT2D eigenvalue weighted by Crippen LogP contribution is 2.42. The Morgan fingerprint density at radius 1 is 0.456 bits per heavy atom. The Bertz CT molecular complexity index is 3280. The summed E-state index contributed by atoms with van der Waals surface area (Å²) >= 11 is 0. The molecule has 57 heavy (non-hydrogen) atoms. The zero-order valence-corrected chi connectivity index (χ0v) is 30.6. The molecule has 12 rings (SSSR count). The molecule has 0 aliphatic heterocycles. The highest BCUT2D eigenvalue weighted by molar-refractivity contribution is 6.11. The fourth-order valence-corrected chi connectivity index (χ4v) is 8.72. The number of hydrogen-bond acceptors (Lipinski definition) is 5. The van der Waals surface area contributed by atoms with Crippen LogP contribution in [0.3, 0.4) is 0 Å². The summed E-state index contributed by atoms with van der Waals surface area (Å²) < 4.78 is 15.8. The first-order valence-electron chi connectivity index (χ1n) is 19.3. The molecule has 1 aliphatic carbocycles. The molecule has 4 aromatic heterocycles. The second-order valence-corrected chi connectivity index (χ2v) is 14.7. The van der Waals surface area contributed by atoms with Gasteiger partial charge in [-0.3, -0.25) is 0 Å². The summed E-state index contributed by atoms with van der Waals surface area (Å²) in [6.45, 7) is 0. The van der Waals surface area contributed by atoms with Gasteiger partial charge in [-0.15, -0.1) is 0 Å². The van der Waals surface area contributed by atoms with Gasteiger partial charge in [-0.2, -0.15) is 0 Å². The number of fused-ring (bicyclic) bond motifs is 9. The van der Waals surface area contributed by atoms with E-state index in [4.69, 9.17) is 23.8 Å². The molecule has 1 aliphatic rings. The van der Waals surface area contributed by atoms with Gasteiger partial charge in [0.15, 0.2) is 17.5 Å². The van der Waals surface area contributed by atoms with Gasteiger partial charge in [0, 0.05) is 72.2 Å². The molecule has 0 N–H and O–H groups in total. The van der Waals surface area contributed by atoms with Crippen LogP contribution in [0.5, 0.6) is 0 Å². The van der Waals surface area contributed by atoms with Crippen molar-refractivity contribution in [3.05, 3.63) is 181 Å². The number of furan rings is 2. The van der Waals surface area contributed by atoms with Crippen LogP contribution in [0.1, 0.15) is 17.4 Å². The predicted octanol–water partition coefficient (Wildman–Crippen LogP) is 13.1. The monoisotopic (exact) mass is 732 g/mol. The molecule has 0 radical (unpaired) electrons. The van der Waals surface area contributed by atoms with Crippen molar-refractivity contribution in [3.63, 3.8) is 0 Å². The zero-order valence-electron chi connectivity index (χ0n) is 30.6. The van der Waals surface area contributed by atoms with Crippen LogP contribution >= 0.6 is 0 Å². The van der Waals surface area contributed by atoms with Gasteiger partial charge in [-0.05, 0) is 48.0 Å². The van der Waals surface area contributed by atoms with Crippen molar-refractivity contribution in [1.82, 2.24) is 19.5 Å². The molecule has 6 nitrogen and oxygen atoms in total. The lowest BCUT2D eigenvalue weighted by Crippen LogP contribution is -2.12. The summed E-state index contributed by atoms with van der Waals surface area (Å²) in [4.78, 5) is 14.8. The largest absolute Gasteiger partial charge is 0.460 e. The van der Waals surface area contributed by atoms with E-state index < -0.39 is 0 Å². The van der Waals surface area contributed by atoms with Crippen molar-refractivity contribution < 1.29 is 8.83 Å². The molecule has 0 saturated heterocycles. The van der Waals surface area contributed by atoms with E-state index in [9.17, 15) is 0 Å². The van der Waals surface area contributed by atoms with Crippen molar-refractivity contribution in [2.45, 2.75) is 12.5 Å². The van der Waals surface area contributed by atoms with Crippen LogP contribution in [-0.2, 0) is 6.42 Å². The molecule has 1 atom stereocenters. The van der Waals surface area contributed by atoms with Gasteiger partial charge < -0.3 is 13.4 Å². The van der Waals surface area contributed by atoms with E-state index in [0.717, 1.165) is 78.5 Å². The van der Waals surface area contributed by atoms with E-state index in [0.29, 0.717) is 17.5 Å². The summed E-state index contributed by atoms with van der Waals surface area (Å²) in [7, 11) is 0. The number of allylic oxidation sites excluding steroid dienone is 1. The Labute approximate surface area is 327 Å². The van der Waals surface area contributed by atoms with E-state index in [-0.39, 0.29) is 6.04 Å². The van der Waals surface area contributed by atoms with E-state index in [2.05, 4.69) is 108 Å². The molecule has 11 aromatic rings. The Balaban J connectivity index is 0.924. The topological polar surface area (TPSA) is 69.9 Å². The molecule has 0 amide bonds. The van der Waals surface area contributed by atoms with Crippen LogP contribution in [0, 0.1) is 0 Å². The van der Waals surface area contributed by atoms with Crippen LogP contribution in [0.25, 0.3) is 106 Å². The van der Waals surface area contributed by atoms with E-state index in [1.54, 1.807) is 0 Å². The normalized spacial score (nSPS) is 14.0. The molecule has 0 saturated carbocycles. The van der Waals surface area contributed by atoms with E-state index >= 15 is 0 Å².